The molecule has 1 saturated heterocycles. The molecule has 1 aliphatic rings. The number of carbonyl (C=O) groups excluding carboxylic acids is 1. The lowest BCUT2D eigenvalue weighted by molar-refractivity contribution is 0.102. The number of anilines is 1. The van der Waals surface area contributed by atoms with Crippen LogP contribution in [-0.4, -0.2) is 38.6 Å². The largest absolute Gasteiger partial charge is 0.377 e. The molecule has 1 unspecified atom stereocenters. The summed E-state index contributed by atoms with van der Waals surface area (Å²) in [4.78, 5) is 16.3. The number of nitrogens with one attached hydrogen (secondary N) is 2. The van der Waals surface area contributed by atoms with Crippen LogP contribution in [-0.2, 0) is 14.8 Å². The quantitative estimate of drug-likeness (QED) is 0.817. The molecule has 2 N–H and O–H groups in total. The van der Waals surface area contributed by atoms with Gasteiger partial charge >= 0.3 is 0 Å². The van der Waals surface area contributed by atoms with E-state index in [0.717, 1.165) is 12.8 Å². The van der Waals surface area contributed by atoms with Gasteiger partial charge in [-0.3, -0.25) is 4.79 Å². The van der Waals surface area contributed by atoms with Gasteiger partial charge in [-0.05, 0) is 49.2 Å². The number of rotatable bonds is 6. The normalized spacial score (nSPS) is 17.4. The Kier molecular flexibility index (Phi) is 5.42. The fourth-order valence-corrected chi connectivity index (χ4v) is 3.57. The molecule has 0 spiro atoms. The molecule has 7 nitrogen and oxygen atoms in total. The third-order valence-electron chi connectivity index (χ3n) is 3.86. The van der Waals surface area contributed by atoms with E-state index < -0.39 is 10.0 Å². The SMILES string of the molecule is O=C(Nc1ccccn1)c1ccc(S(=O)(=O)NCC2CCCO2)cc1. The minimum Gasteiger partial charge on any atom is -0.377 e. The van der Waals surface area contributed by atoms with E-state index in [4.69, 9.17) is 4.74 Å². The van der Waals surface area contributed by atoms with Crippen molar-refractivity contribution in [2.45, 2.75) is 23.8 Å². The van der Waals surface area contributed by atoms with Crippen LogP contribution in [0.2, 0.25) is 0 Å². The number of aromatic nitrogens is 1. The second-order valence-corrected chi connectivity index (χ2v) is 7.45. The Morgan fingerprint density at radius 2 is 2.00 bits per heavy atom. The number of nitrogens with zero attached hydrogens (tertiary/aromatic N) is 1. The molecular weight excluding hydrogens is 342 g/mol. The topological polar surface area (TPSA) is 97.4 Å². The molecule has 0 aliphatic carbocycles. The summed E-state index contributed by atoms with van der Waals surface area (Å²) in [5.74, 6) is 0.0809. The van der Waals surface area contributed by atoms with Gasteiger partial charge in [0.1, 0.15) is 5.82 Å². The van der Waals surface area contributed by atoms with Gasteiger partial charge in [-0.15, -0.1) is 0 Å². The molecule has 2 aromatic rings. The zero-order chi connectivity index (χ0) is 17.7. The van der Waals surface area contributed by atoms with Crippen LogP contribution in [0.25, 0.3) is 0 Å². The molecule has 1 aromatic carbocycles. The molecule has 0 saturated carbocycles. The first kappa shape index (κ1) is 17.5. The Morgan fingerprint density at radius 1 is 1.20 bits per heavy atom. The van der Waals surface area contributed by atoms with Crippen molar-refractivity contribution in [1.29, 1.82) is 0 Å². The molecule has 132 valence electrons. The summed E-state index contributed by atoms with van der Waals surface area (Å²) in [6.45, 7) is 0.927. The molecular formula is C17H19N3O4S. The van der Waals surface area contributed by atoms with E-state index in [9.17, 15) is 13.2 Å². The summed E-state index contributed by atoms with van der Waals surface area (Å²) >= 11 is 0. The predicted molar refractivity (Wildman–Crippen MR) is 92.8 cm³/mol. The van der Waals surface area contributed by atoms with Crippen molar-refractivity contribution in [2.75, 3.05) is 18.5 Å². The van der Waals surface area contributed by atoms with Crippen molar-refractivity contribution >= 4 is 21.7 Å². The van der Waals surface area contributed by atoms with Crippen molar-refractivity contribution in [1.82, 2.24) is 9.71 Å². The third kappa shape index (κ3) is 4.62. The molecule has 1 aromatic heterocycles. The average Bonchev–Trinajstić information content (AvgIpc) is 3.15. The van der Waals surface area contributed by atoms with Gasteiger partial charge in [0.25, 0.3) is 5.91 Å². The third-order valence-corrected chi connectivity index (χ3v) is 5.30. The molecule has 1 fully saturated rings. The summed E-state index contributed by atoms with van der Waals surface area (Å²) in [5.41, 5.74) is 0.351. The maximum Gasteiger partial charge on any atom is 0.256 e. The number of ether oxygens (including phenoxy) is 1. The summed E-state index contributed by atoms with van der Waals surface area (Å²) in [7, 11) is -3.62. The van der Waals surface area contributed by atoms with Gasteiger partial charge < -0.3 is 10.1 Å². The van der Waals surface area contributed by atoms with Crippen molar-refractivity contribution in [3.8, 4) is 0 Å². The lowest BCUT2D eigenvalue weighted by Gasteiger charge is -2.11. The van der Waals surface area contributed by atoms with E-state index in [1.165, 1.54) is 24.3 Å². The molecule has 3 rings (SSSR count). The number of carbonyl (C=O) groups is 1. The minimum atomic E-state index is -3.62. The van der Waals surface area contributed by atoms with E-state index in [2.05, 4.69) is 15.0 Å². The lowest BCUT2D eigenvalue weighted by atomic mass is 10.2. The summed E-state index contributed by atoms with van der Waals surface area (Å²) < 4.78 is 32.5. The van der Waals surface area contributed by atoms with Gasteiger partial charge in [-0.2, -0.15) is 0 Å². The zero-order valence-electron chi connectivity index (χ0n) is 13.5. The second-order valence-electron chi connectivity index (χ2n) is 5.68. The molecule has 8 heteroatoms. The van der Waals surface area contributed by atoms with Gasteiger partial charge in [0.15, 0.2) is 0 Å². The average molecular weight is 361 g/mol. The number of hydrogen-bond acceptors (Lipinski definition) is 5. The molecule has 0 bridgehead atoms. The molecule has 1 aliphatic heterocycles. The predicted octanol–water partition coefficient (Wildman–Crippen LogP) is 1.79. The first-order chi connectivity index (χ1) is 12.0. The van der Waals surface area contributed by atoms with E-state index in [0.29, 0.717) is 18.0 Å². The van der Waals surface area contributed by atoms with Gasteiger partial charge in [0, 0.05) is 24.9 Å². The number of hydrogen-bond donors (Lipinski definition) is 2. The fourth-order valence-electron chi connectivity index (χ4n) is 2.50. The van der Waals surface area contributed by atoms with Crippen LogP contribution in [0.4, 0.5) is 5.82 Å². The minimum absolute atomic E-state index is 0.0711. The van der Waals surface area contributed by atoms with Crippen molar-refractivity contribution in [3.63, 3.8) is 0 Å². The van der Waals surface area contributed by atoms with Crippen LogP contribution < -0.4 is 10.0 Å². The highest BCUT2D eigenvalue weighted by molar-refractivity contribution is 7.89. The Balaban J connectivity index is 1.63. The highest BCUT2D eigenvalue weighted by atomic mass is 32.2. The van der Waals surface area contributed by atoms with Crippen LogP contribution in [0.5, 0.6) is 0 Å². The van der Waals surface area contributed by atoms with E-state index >= 15 is 0 Å². The van der Waals surface area contributed by atoms with Crippen LogP contribution >= 0.6 is 0 Å². The maximum absolute atomic E-state index is 12.3. The Labute approximate surface area is 146 Å². The monoisotopic (exact) mass is 361 g/mol. The summed E-state index contributed by atoms with van der Waals surface area (Å²) in [5, 5.41) is 2.65. The van der Waals surface area contributed by atoms with E-state index in [1.54, 1.807) is 24.4 Å². The smallest absolute Gasteiger partial charge is 0.256 e. The van der Waals surface area contributed by atoms with Crippen molar-refractivity contribution in [2.24, 2.45) is 0 Å². The van der Waals surface area contributed by atoms with E-state index in [-0.39, 0.29) is 23.5 Å². The Morgan fingerprint density at radius 3 is 2.64 bits per heavy atom. The van der Waals surface area contributed by atoms with Crippen LogP contribution in [0, 0.1) is 0 Å². The molecule has 0 radical (unpaired) electrons. The number of amides is 1. The molecule has 2 heterocycles. The van der Waals surface area contributed by atoms with Crippen LogP contribution in [0.3, 0.4) is 0 Å². The Bertz CT molecular complexity index is 817. The summed E-state index contributed by atoms with van der Waals surface area (Å²) in [6.07, 6.45) is 3.31. The fraction of sp³-hybridized carbons (Fsp3) is 0.294. The molecule has 1 atom stereocenters. The van der Waals surface area contributed by atoms with Crippen molar-refractivity contribution < 1.29 is 17.9 Å². The second kappa shape index (κ2) is 7.73. The van der Waals surface area contributed by atoms with E-state index in [1.807, 2.05) is 0 Å². The Hall–Kier alpha value is -2.29. The van der Waals surface area contributed by atoms with Gasteiger partial charge in [-0.25, -0.2) is 18.1 Å². The van der Waals surface area contributed by atoms with Gasteiger partial charge in [-0.1, -0.05) is 6.07 Å². The van der Waals surface area contributed by atoms with Crippen LogP contribution in [0.15, 0.2) is 53.6 Å². The van der Waals surface area contributed by atoms with Gasteiger partial charge in [0.2, 0.25) is 10.0 Å². The number of benzene rings is 1. The van der Waals surface area contributed by atoms with Crippen LogP contribution in [0.1, 0.15) is 23.2 Å². The lowest BCUT2D eigenvalue weighted by Crippen LogP contribution is -2.31. The maximum atomic E-state index is 12.3. The highest BCUT2D eigenvalue weighted by Crippen LogP contribution is 2.14. The number of sulfonamides is 1. The number of pyridine rings is 1. The summed E-state index contributed by atoms with van der Waals surface area (Å²) in [6, 6.07) is 10.9. The van der Waals surface area contributed by atoms with Gasteiger partial charge in [0.05, 0.1) is 11.0 Å². The zero-order valence-corrected chi connectivity index (χ0v) is 14.3. The first-order valence-corrected chi connectivity index (χ1v) is 9.47. The first-order valence-electron chi connectivity index (χ1n) is 7.98. The molecule has 1 amide bonds. The highest BCUT2D eigenvalue weighted by Gasteiger charge is 2.20. The standard InChI is InChI=1S/C17H19N3O4S/c21-17(20-16-5-1-2-10-18-16)13-6-8-15(9-7-13)25(22,23)19-12-14-4-3-11-24-14/h1-2,5-10,14,19H,3-4,11-12H2,(H,18,20,21). The van der Waals surface area contributed by atoms with Crippen molar-refractivity contribution in [3.05, 3.63) is 54.2 Å². The molecule has 25 heavy (non-hydrogen) atoms.